The van der Waals surface area contributed by atoms with Crippen LogP contribution in [0.1, 0.15) is 18.2 Å². The van der Waals surface area contributed by atoms with E-state index in [4.69, 9.17) is 5.73 Å². The zero-order chi connectivity index (χ0) is 13.2. The Balaban J connectivity index is 2.61. The molecule has 0 fully saturated rings. The van der Waals surface area contributed by atoms with E-state index in [0.717, 1.165) is 16.5 Å². The van der Waals surface area contributed by atoms with Gasteiger partial charge < -0.3 is 5.73 Å². The van der Waals surface area contributed by atoms with Crippen LogP contribution in [0.25, 0.3) is 10.1 Å². The van der Waals surface area contributed by atoms with Gasteiger partial charge in [-0.25, -0.2) is 13.1 Å². The minimum atomic E-state index is -3.47. The summed E-state index contributed by atoms with van der Waals surface area (Å²) in [7, 11) is -3.47. The van der Waals surface area contributed by atoms with Crippen LogP contribution < -0.4 is 10.5 Å². The Labute approximate surface area is 111 Å². The van der Waals surface area contributed by atoms with E-state index in [1.165, 1.54) is 11.3 Å². The molecule has 0 saturated heterocycles. The molecule has 1 heterocycles. The first-order valence-corrected chi connectivity index (χ1v) is 8.10. The number of hydrogen-bond acceptors (Lipinski definition) is 4. The molecule has 0 amide bonds. The van der Waals surface area contributed by atoms with Crippen molar-refractivity contribution in [1.82, 2.24) is 4.72 Å². The molecule has 4 nitrogen and oxygen atoms in total. The average Bonchev–Trinajstić information content (AvgIpc) is 2.75. The van der Waals surface area contributed by atoms with E-state index in [2.05, 4.69) is 4.72 Å². The Morgan fingerprint density at radius 3 is 2.72 bits per heavy atom. The highest BCUT2D eigenvalue weighted by molar-refractivity contribution is 7.90. The normalized spacial score (nSPS) is 12.1. The summed E-state index contributed by atoms with van der Waals surface area (Å²) in [6.45, 7) is 2.61. The van der Waals surface area contributed by atoms with Crippen LogP contribution in [0, 0.1) is 0 Å². The predicted octanol–water partition coefficient (Wildman–Crippen LogP) is 2.05. The smallest absolute Gasteiger partial charge is 0.242 e. The van der Waals surface area contributed by atoms with Crippen LogP contribution in [0.15, 0.2) is 29.2 Å². The number of thiophene rings is 1. The summed E-state index contributed by atoms with van der Waals surface area (Å²) in [6, 6.07) is 7.48. The Hall–Kier alpha value is -0.950. The molecular weight excluding hydrogens is 268 g/mol. The van der Waals surface area contributed by atoms with Gasteiger partial charge in [-0.3, -0.25) is 0 Å². The molecule has 0 aliphatic carbocycles. The maximum Gasteiger partial charge on any atom is 0.242 e. The van der Waals surface area contributed by atoms with Gasteiger partial charge in [0.1, 0.15) is 4.90 Å². The van der Waals surface area contributed by atoms with Crippen molar-refractivity contribution in [3.8, 4) is 0 Å². The van der Waals surface area contributed by atoms with Crippen LogP contribution in [0.3, 0.4) is 0 Å². The van der Waals surface area contributed by atoms with Gasteiger partial charge in [-0.1, -0.05) is 25.1 Å². The van der Waals surface area contributed by atoms with E-state index in [0.29, 0.717) is 16.3 Å². The minimum Gasteiger partial charge on any atom is -0.326 e. The topological polar surface area (TPSA) is 72.2 Å². The first-order valence-electron chi connectivity index (χ1n) is 5.80. The first-order chi connectivity index (χ1) is 8.60. The monoisotopic (exact) mass is 284 g/mol. The number of rotatable bonds is 5. The van der Waals surface area contributed by atoms with E-state index < -0.39 is 10.0 Å². The molecule has 0 atom stereocenters. The molecule has 0 bridgehead atoms. The summed E-state index contributed by atoms with van der Waals surface area (Å²) in [5.74, 6) is 0. The van der Waals surface area contributed by atoms with Crippen LogP contribution in [-0.4, -0.2) is 15.0 Å². The molecule has 18 heavy (non-hydrogen) atoms. The van der Waals surface area contributed by atoms with Gasteiger partial charge in [-0.2, -0.15) is 0 Å². The van der Waals surface area contributed by atoms with E-state index in [1.54, 1.807) is 0 Å². The van der Waals surface area contributed by atoms with Crippen LogP contribution >= 0.6 is 11.3 Å². The second-order valence-corrected chi connectivity index (χ2v) is 6.79. The largest absolute Gasteiger partial charge is 0.326 e. The summed E-state index contributed by atoms with van der Waals surface area (Å²) >= 11 is 1.44. The second-order valence-electron chi connectivity index (χ2n) is 3.95. The molecule has 0 saturated carbocycles. The zero-order valence-corrected chi connectivity index (χ0v) is 11.8. The number of sulfonamides is 1. The van der Waals surface area contributed by atoms with E-state index in [1.807, 2.05) is 31.2 Å². The Morgan fingerprint density at radius 2 is 2.06 bits per heavy atom. The number of hydrogen-bond donors (Lipinski definition) is 2. The maximum atomic E-state index is 12.3. The van der Waals surface area contributed by atoms with Crippen molar-refractivity contribution >= 4 is 31.4 Å². The Bertz CT molecular complexity index is 647. The Morgan fingerprint density at radius 1 is 1.33 bits per heavy atom. The molecule has 0 unspecified atom stereocenters. The third-order valence-corrected chi connectivity index (χ3v) is 5.52. The standard InChI is InChI=1S/C12H16N2O2S2/c1-2-7-14-18(15,16)12-9-5-3-4-6-10(9)17-11(12)8-13/h3-6,14H,2,7-8,13H2,1H3. The summed E-state index contributed by atoms with van der Waals surface area (Å²) in [5, 5.41) is 0.756. The van der Waals surface area contributed by atoms with Crippen molar-refractivity contribution in [2.24, 2.45) is 5.73 Å². The van der Waals surface area contributed by atoms with Gasteiger partial charge in [-0.15, -0.1) is 11.3 Å². The zero-order valence-electron chi connectivity index (χ0n) is 10.1. The molecule has 0 aliphatic heterocycles. The molecule has 3 N–H and O–H groups in total. The fourth-order valence-corrected chi connectivity index (χ4v) is 4.77. The van der Waals surface area contributed by atoms with Crippen LogP contribution in [-0.2, 0) is 16.6 Å². The fourth-order valence-electron chi connectivity index (χ4n) is 1.81. The van der Waals surface area contributed by atoms with E-state index in [-0.39, 0.29) is 6.54 Å². The van der Waals surface area contributed by atoms with E-state index >= 15 is 0 Å². The lowest BCUT2D eigenvalue weighted by molar-refractivity contribution is 0.581. The molecule has 98 valence electrons. The van der Waals surface area contributed by atoms with Gasteiger partial charge in [0.15, 0.2) is 0 Å². The molecule has 0 aliphatic rings. The summed E-state index contributed by atoms with van der Waals surface area (Å²) in [5.41, 5.74) is 5.66. The van der Waals surface area contributed by atoms with Gasteiger partial charge in [0, 0.05) is 28.1 Å². The number of nitrogens with one attached hydrogen (secondary N) is 1. The van der Waals surface area contributed by atoms with Gasteiger partial charge in [0.05, 0.1) is 0 Å². The lowest BCUT2D eigenvalue weighted by Crippen LogP contribution is -2.25. The third-order valence-electron chi connectivity index (χ3n) is 2.61. The van der Waals surface area contributed by atoms with Crippen LogP contribution in [0.4, 0.5) is 0 Å². The lowest BCUT2D eigenvalue weighted by atomic mass is 10.2. The van der Waals surface area contributed by atoms with Gasteiger partial charge >= 0.3 is 0 Å². The number of benzene rings is 1. The van der Waals surface area contributed by atoms with Crippen molar-refractivity contribution < 1.29 is 8.42 Å². The highest BCUT2D eigenvalue weighted by atomic mass is 32.2. The molecule has 0 spiro atoms. The lowest BCUT2D eigenvalue weighted by Gasteiger charge is -2.06. The average molecular weight is 284 g/mol. The van der Waals surface area contributed by atoms with Gasteiger partial charge in [0.25, 0.3) is 0 Å². The van der Waals surface area contributed by atoms with Crippen molar-refractivity contribution in [2.75, 3.05) is 6.54 Å². The summed E-state index contributed by atoms with van der Waals surface area (Å²) in [6.07, 6.45) is 0.763. The summed E-state index contributed by atoms with van der Waals surface area (Å²) in [4.78, 5) is 1.05. The highest BCUT2D eigenvalue weighted by Gasteiger charge is 2.22. The van der Waals surface area contributed by atoms with Crippen molar-refractivity contribution in [1.29, 1.82) is 0 Å². The molecule has 1 aromatic carbocycles. The first kappa shape index (κ1) is 13.5. The molecule has 1 aromatic heterocycles. The van der Waals surface area contributed by atoms with Crippen LogP contribution in [0.5, 0.6) is 0 Å². The number of fused-ring (bicyclic) bond motifs is 1. The van der Waals surface area contributed by atoms with Crippen molar-refractivity contribution in [3.05, 3.63) is 29.1 Å². The Kier molecular flexibility index (Phi) is 4.01. The SMILES string of the molecule is CCCNS(=O)(=O)c1c(CN)sc2ccccc12. The highest BCUT2D eigenvalue weighted by Crippen LogP contribution is 2.34. The van der Waals surface area contributed by atoms with Crippen LogP contribution in [0.2, 0.25) is 0 Å². The van der Waals surface area contributed by atoms with Crippen molar-refractivity contribution in [3.63, 3.8) is 0 Å². The minimum absolute atomic E-state index is 0.238. The number of nitrogens with two attached hydrogens (primary N) is 1. The second kappa shape index (κ2) is 5.36. The fraction of sp³-hybridized carbons (Fsp3) is 0.333. The molecular formula is C12H16N2O2S2. The molecule has 2 aromatic rings. The van der Waals surface area contributed by atoms with Gasteiger partial charge in [-0.05, 0) is 12.5 Å². The van der Waals surface area contributed by atoms with Crippen molar-refractivity contribution in [2.45, 2.75) is 24.8 Å². The molecule has 0 radical (unpaired) electrons. The van der Waals surface area contributed by atoms with Gasteiger partial charge in [0.2, 0.25) is 10.0 Å². The quantitative estimate of drug-likeness (QED) is 0.882. The third kappa shape index (κ3) is 2.42. The summed E-state index contributed by atoms with van der Waals surface area (Å²) < 4.78 is 28.1. The maximum absolute atomic E-state index is 12.3. The predicted molar refractivity (Wildman–Crippen MR) is 75.2 cm³/mol. The molecule has 2 rings (SSSR count). The van der Waals surface area contributed by atoms with E-state index in [9.17, 15) is 8.42 Å². The molecule has 6 heteroatoms.